The summed E-state index contributed by atoms with van der Waals surface area (Å²) in [6.45, 7) is 5.27. The van der Waals surface area contributed by atoms with Gasteiger partial charge in [-0.05, 0) is 55.3 Å². The van der Waals surface area contributed by atoms with Gasteiger partial charge >= 0.3 is 0 Å². The van der Waals surface area contributed by atoms with Crippen LogP contribution in [0.1, 0.15) is 28.6 Å². The summed E-state index contributed by atoms with van der Waals surface area (Å²) in [5.74, 6) is 0.475. The summed E-state index contributed by atoms with van der Waals surface area (Å²) < 4.78 is 10.9. The Balaban J connectivity index is 1.62. The first-order valence-corrected chi connectivity index (χ1v) is 10.2. The molecular weight excluding hydrogens is 406 g/mol. The summed E-state index contributed by atoms with van der Waals surface area (Å²) in [5.41, 5.74) is 1.99. The minimum atomic E-state index is -0.877. The number of anilines is 2. The van der Waals surface area contributed by atoms with Crippen LogP contribution in [-0.4, -0.2) is 23.1 Å². The highest BCUT2D eigenvalue weighted by atomic mass is 16.5. The van der Waals surface area contributed by atoms with Crippen molar-refractivity contribution < 1.29 is 18.8 Å². The van der Waals surface area contributed by atoms with Crippen LogP contribution in [0.4, 0.5) is 11.5 Å². The second kappa shape index (κ2) is 8.93. The van der Waals surface area contributed by atoms with E-state index in [1.54, 1.807) is 32.0 Å². The van der Waals surface area contributed by atoms with Gasteiger partial charge in [0.25, 0.3) is 11.8 Å². The third kappa shape index (κ3) is 4.62. The van der Waals surface area contributed by atoms with Gasteiger partial charge < -0.3 is 19.9 Å². The van der Waals surface area contributed by atoms with E-state index in [2.05, 4.69) is 15.8 Å². The Morgan fingerprint density at radius 2 is 1.62 bits per heavy atom. The first-order chi connectivity index (χ1) is 15.4. The van der Waals surface area contributed by atoms with E-state index in [1.165, 1.54) is 0 Å². The van der Waals surface area contributed by atoms with E-state index in [1.807, 2.05) is 55.5 Å². The van der Waals surface area contributed by atoms with Crippen LogP contribution < -0.4 is 15.4 Å². The fraction of sp³-hybridized carbons (Fsp3) is 0.160. The zero-order chi connectivity index (χ0) is 22.7. The SMILES string of the molecule is Cc1cc(NC(=O)[C@H](C)Oc2cc3ccccc3cc2C(=O)Nc2ccccc2C)no1. The number of ether oxygens (including phenoxy) is 1. The predicted molar refractivity (Wildman–Crippen MR) is 123 cm³/mol. The van der Waals surface area contributed by atoms with Crippen molar-refractivity contribution in [2.75, 3.05) is 10.6 Å². The number of nitrogens with one attached hydrogen (secondary N) is 2. The van der Waals surface area contributed by atoms with Crippen LogP contribution in [0.15, 0.2) is 71.3 Å². The van der Waals surface area contributed by atoms with Crippen LogP contribution in [0, 0.1) is 13.8 Å². The monoisotopic (exact) mass is 429 g/mol. The summed E-state index contributed by atoms with van der Waals surface area (Å²) in [7, 11) is 0. The number of para-hydroxylation sites is 1. The molecule has 4 rings (SSSR count). The van der Waals surface area contributed by atoms with Crippen molar-refractivity contribution >= 4 is 34.1 Å². The van der Waals surface area contributed by atoms with Gasteiger partial charge in [-0.1, -0.05) is 47.6 Å². The van der Waals surface area contributed by atoms with Crippen molar-refractivity contribution in [3.8, 4) is 5.75 Å². The van der Waals surface area contributed by atoms with E-state index >= 15 is 0 Å². The molecule has 0 aliphatic heterocycles. The number of amides is 2. The molecule has 0 aliphatic carbocycles. The van der Waals surface area contributed by atoms with Gasteiger partial charge in [-0.3, -0.25) is 9.59 Å². The average molecular weight is 429 g/mol. The lowest BCUT2D eigenvalue weighted by molar-refractivity contribution is -0.122. The number of rotatable bonds is 6. The van der Waals surface area contributed by atoms with Crippen molar-refractivity contribution in [2.24, 2.45) is 0 Å². The molecule has 7 heteroatoms. The largest absolute Gasteiger partial charge is 0.480 e. The van der Waals surface area contributed by atoms with Crippen molar-refractivity contribution in [1.82, 2.24) is 5.16 Å². The van der Waals surface area contributed by atoms with E-state index < -0.39 is 12.0 Å². The predicted octanol–water partition coefficient (Wildman–Crippen LogP) is 5.10. The third-order valence-corrected chi connectivity index (χ3v) is 5.04. The molecule has 0 radical (unpaired) electrons. The summed E-state index contributed by atoms with van der Waals surface area (Å²) in [6, 6.07) is 20.3. The summed E-state index contributed by atoms with van der Waals surface area (Å²) in [4.78, 5) is 25.8. The first-order valence-electron chi connectivity index (χ1n) is 10.2. The van der Waals surface area contributed by atoms with Crippen LogP contribution in [0.2, 0.25) is 0 Å². The zero-order valence-corrected chi connectivity index (χ0v) is 18.0. The Bertz CT molecular complexity index is 1300. The van der Waals surface area contributed by atoms with Gasteiger partial charge in [-0.25, -0.2) is 0 Å². The number of aromatic nitrogens is 1. The van der Waals surface area contributed by atoms with Crippen LogP contribution >= 0.6 is 0 Å². The topological polar surface area (TPSA) is 93.5 Å². The Morgan fingerprint density at radius 1 is 0.938 bits per heavy atom. The lowest BCUT2D eigenvalue weighted by Gasteiger charge is -2.18. The highest BCUT2D eigenvalue weighted by Gasteiger charge is 2.21. The first kappa shape index (κ1) is 21.1. The molecule has 162 valence electrons. The number of aryl methyl sites for hydroxylation is 2. The molecule has 0 spiro atoms. The molecule has 7 nitrogen and oxygen atoms in total. The molecule has 1 atom stereocenters. The number of nitrogens with zero attached hydrogens (tertiary/aromatic N) is 1. The Labute approximate surface area is 185 Å². The quantitative estimate of drug-likeness (QED) is 0.445. The fourth-order valence-electron chi connectivity index (χ4n) is 3.29. The lowest BCUT2D eigenvalue weighted by Crippen LogP contribution is -2.31. The van der Waals surface area contributed by atoms with E-state index in [0.29, 0.717) is 28.6 Å². The molecule has 2 N–H and O–H groups in total. The zero-order valence-electron chi connectivity index (χ0n) is 18.0. The molecule has 4 aromatic rings. The maximum absolute atomic E-state index is 13.2. The number of hydrogen-bond donors (Lipinski definition) is 2. The van der Waals surface area contributed by atoms with E-state index in [4.69, 9.17) is 9.26 Å². The molecule has 32 heavy (non-hydrogen) atoms. The Kier molecular flexibility index (Phi) is 5.89. The molecule has 0 saturated heterocycles. The highest BCUT2D eigenvalue weighted by Crippen LogP contribution is 2.28. The minimum Gasteiger partial charge on any atom is -0.480 e. The lowest BCUT2D eigenvalue weighted by atomic mass is 10.0. The second-order valence-corrected chi connectivity index (χ2v) is 7.54. The van der Waals surface area contributed by atoms with Crippen LogP contribution in [0.25, 0.3) is 10.8 Å². The Hall–Kier alpha value is -4.13. The van der Waals surface area contributed by atoms with Gasteiger partial charge in [-0.15, -0.1) is 0 Å². The highest BCUT2D eigenvalue weighted by molar-refractivity contribution is 6.09. The molecule has 1 aromatic heterocycles. The van der Waals surface area contributed by atoms with Gasteiger partial charge in [0, 0.05) is 11.8 Å². The van der Waals surface area contributed by atoms with Crippen molar-refractivity contribution in [2.45, 2.75) is 26.9 Å². The smallest absolute Gasteiger partial charge is 0.266 e. The van der Waals surface area contributed by atoms with E-state index in [0.717, 1.165) is 16.3 Å². The van der Waals surface area contributed by atoms with Gasteiger partial charge in [0.2, 0.25) is 0 Å². The molecular formula is C25H23N3O4. The number of benzene rings is 3. The molecule has 1 heterocycles. The van der Waals surface area contributed by atoms with Crippen molar-refractivity contribution in [3.63, 3.8) is 0 Å². The summed E-state index contributed by atoms with van der Waals surface area (Å²) in [5, 5.41) is 11.1. The number of carbonyl (C=O) groups excluding carboxylic acids is 2. The number of hydrogen-bond acceptors (Lipinski definition) is 5. The molecule has 2 amide bonds. The molecule has 0 bridgehead atoms. The van der Waals surface area contributed by atoms with Crippen LogP contribution in [0.5, 0.6) is 5.75 Å². The minimum absolute atomic E-state index is 0.305. The summed E-state index contributed by atoms with van der Waals surface area (Å²) in [6.07, 6.45) is -0.877. The van der Waals surface area contributed by atoms with Gasteiger partial charge in [0.1, 0.15) is 11.5 Å². The van der Waals surface area contributed by atoms with E-state index in [9.17, 15) is 9.59 Å². The van der Waals surface area contributed by atoms with E-state index in [-0.39, 0.29) is 5.91 Å². The van der Waals surface area contributed by atoms with Gasteiger partial charge in [0.05, 0.1) is 5.56 Å². The van der Waals surface area contributed by atoms with Crippen LogP contribution in [-0.2, 0) is 4.79 Å². The standard InChI is InChI=1S/C25H23N3O4/c1-15-8-4-7-11-21(15)26-25(30)20-13-18-9-5-6-10-19(18)14-22(20)31-17(3)24(29)27-23-12-16(2)32-28-23/h4-14,17H,1-3H3,(H,26,30)(H,27,28,29)/t17-/m0/s1. The number of carbonyl (C=O) groups is 2. The molecule has 0 fully saturated rings. The fourth-order valence-corrected chi connectivity index (χ4v) is 3.29. The average Bonchev–Trinajstić information content (AvgIpc) is 3.19. The molecule has 3 aromatic carbocycles. The Morgan fingerprint density at radius 3 is 2.31 bits per heavy atom. The van der Waals surface area contributed by atoms with Crippen LogP contribution in [0.3, 0.4) is 0 Å². The molecule has 0 aliphatic rings. The van der Waals surface area contributed by atoms with Gasteiger partial charge in [0.15, 0.2) is 11.9 Å². The normalized spacial score (nSPS) is 11.7. The second-order valence-electron chi connectivity index (χ2n) is 7.54. The maximum atomic E-state index is 13.2. The van der Waals surface area contributed by atoms with Gasteiger partial charge in [-0.2, -0.15) is 0 Å². The molecule has 0 saturated carbocycles. The third-order valence-electron chi connectivity index (χ3n) is 5.04. The van der Waals surface area contributed by atoms with Crippen molar-refractivity contribution in [3.05, 3.63) is 83.6 Å². The maximum Gasteiger partial charge on any atom is 0.266 e. The van der Waals surface area contributed by atoms with Crippen molar-refractivity contribution in [1.29, 1.82) is 0 Å². The number of fused-ring (bicyclic) bond motifs is 1. The molecule has 0 unspecified atom stereocenters. The summed E-state index contributed by atoms with van der Waals surface area (Å²) >= 11 is 0.